The largest absolute Gasteiger partial charge is 0.492 e. The number of aryl methyl sites for hydroxylation is 2. The van der Waals surface area contributed by atoms with Crippen molar-refractivity contribution in [2.45, 2.75) is 156 Å². The molecule has 0 unspecified atom stereocenters. The fourth-order valence-corrected chi connectivity index (χ4v) is 6.14. The van der Waals surface area contributed by atoms with E-state index in [2.05, 4.69) is 64.1 Å². The zero-order valence-corrected chi connectivity index (χ0v) is 27.8. The molecule has 0 saturated heterocycles. The van der Waals surface area contributed by atoms with Gasteiger partial charge in [-0.1, -0.05) is 142 Å². The van der Waals surface area contributed by atoms with Crippen LogP contribution in [0.25, 0.3) is 21.5 Å². The molecular weight excluding hydrogens is 512 g/mol. The van der Waals surface area contributed by atoms with E-state index in [-0.39, 0.29) is 0 Å². The molecule has 0 radical (unpaired) electrons. The van der Waals surface area contributed by atoms with Gasteiger partial charge in [0.15, 0.2) is 0 Å². The summed E-state index contributed by atoms with van der Waals surface area (Å²) in [5, 5.41) is 4.91. The summed E-state index contributed by atoms with van der Waals surface area (Å²) >= 11 is 0. The highest BCUT2D eigenvalue weighted by atomic mass is 16.5. The third-order valence-electron chi connectivity index (χ3n) is 8.77. The molecule has 2 heteroatoms. The molecule has 0 aliphatic rings. The van der Waals surface area contributed by atoms with Gasteiger partial charge in [-0.25, -0.2) is 0 Å². The lowest BCUT2D eigenvalue weighted by Gasteiger charge is -2.19. The van der Waals surface area contributed by atoms with Crippen molar-refractivity contribution in [2.24, 2.45) is 0 Å². The molecule has 0 spiro atoms. The maximum absolute atomic E-state index is 6.74. The quantitative estimate of drug-likeness (QED) is 0.0782. The molecule has 2 nitrogen and oxygen atoms in total. The van der Waals surface area contributed by atoms with Gasteiger partial charge in [0, 0.05) is 21.5 Å². The first kappa shape index (κ1) is 34.3. The Morgan fingerprint density at radius 2 is 0.738 bits per heavy atom. The standard InChI is InChI=1S/C40H62O2/c1-5-9-13-15-17-21-29-41-39-35-27-25-34(24-20-12-8-4)32-38(35)40(42-30-22-18-16-14-10-6-2)36-28-26-33(31-37(36)39)23-19-11-7-3/h25-28,31-32H,5-24,29-30H2,1-4H3. The van der Waals surface area contributed by atoms with Gasteiger partial charge in [0.2, 0.25) is 0 Å². The fraction of sp³-hybridized carbons (Fsp3) is 0.650. The van der Waals surface area contributed by atoms with Gasteiger partial charge in [0.05, 0.1) is 13.2 Å². The van der Waals surface area contributed by atoms with Crippen molar-refractivity contribution in [1.29, 1.82) is 0 Å². The van der Waals surface area contributed by atoms with Gasteiger partial charge in [-0.2, -0.15) is 0 Å². The summed E-state index contributed by atoms with van der Waals surface area (Å²) in [6.45, 7) is 10.7. The molecule has 0 saturated carbocycles. The molecule has 0 aromatic heterocycles. The van der Waals surface area contributed by atoms with Crippen LogP contribution in [-0.4, -0.2) is 13.2 Å². The lowest BCUT2D eigenvalue weighted by atomic mass is 9.95. The number of unbranched alkanes of at least 4 members (excludes halogenated alkanes) is 14. The van der Waals surface area contributed by atoms with Crippen molar-refractivity contribution in [3.63, 3.8) is 0 Å². The molecule has 0 heterocycles. The Labute approximate surface area is 259 Å². The number of hydrogen-bond donors (Lipinski definition) is 0. The van der Waals surface area contributed by atoms with Gasteiger partial charge in [-0.3, -0.25) is 0 Å². The predicted molar refractivity (Wildman–Crippen MR) is 186 cm³/mol. The van der Waals surface area contributed by atoms with Crippen molar-refractivity contribution >= 4 is 21.5 Å². The average Bonchev–Trinajstić information content (AvgIpc) is 3.01. The van der Waals surface area contributed by atoms with Crippen molar-refractivity contribution in [3.8, 4) is 11.5 Å². The molecule has 0 aliphatic carbocycles. The van der Waals surface area contributed by atoms with Crippen LogP contribution in [0.4, 0.5) is 0 Å². The van der Waals surface area contributed by atoms with Crippen molar-refractivity contribution in [3.05, 3.63) is 47.5 Å². The third kappa shape index (κ3) is 11.1. The molecule has 0 aliphatic heterocycles. The molecule has 234 valence electrons. The molecule has 42 heavy (non-hydrogen) atoms. The number of ether oxygens (including phenoxy) is 2. The second-order valence-corrected chi connectivity index (χ2v) is 12.6. The normalized spacial score (nSPS) is 11.5. The molecule has 0 amide bonds. The van der Waals surface area contributed by atoms with E-state index in [1.165, 1.54) is 135 Å². The highest BCUT2D eigenvalue weighted by Gasteiger charge is 2.18. The van der Waals surface area contributed by atoms with Crippen LogP contribution < -0.4 is 9.47 Å². The minimum atomic E-state index is 0.784. The van der Waals surface area contributed by atoms with Gasteiger partial charge in [0.25, 0.3) is 0 Å². The summed E-state index contributed by atoms with van der Waals surface area (Å²) in [4.78, 5) is 0. The van der Waals surface area contributed by atoms with Gasteiger partial charge in [-0.05, 0) is 61.8 Å². The third-order valence-corrected chi connectivity index (χ3v) is 8.77. The van der Waals surface area contributed by atoms with Crippen LogP contribution in [0.1, 0.15) is 154 Å². The summed E-state index contributed by atoms with van der Waals surface area (Å²) in [6, 6.07) is 14.2. The zero-order valence-electron chi connectivity index (χ0n) is 27.8. The van der Waals surface area contributed by atoms with Crippen LogP contribution in [0.2, 0.25) is 0 Å². The maximum Gasteiger partial charge on any atom is 0.135 e. The summed E-state index contributed by atoms with van der Waals surface area (Å²) in [7, 11) is 0. The van der Waals surface area contributed by atoms with Gasteiger partial charge in [0.1, 0.15) is 11.5 Å². The second kappa shape index (κ2) is 20.6. The zero-order chi connectivity index (χ0) is 29.8. The van der Waals surface area contributed by atoms with Crippen LogP contribution in [-0.2, 0) is 12.8 Å². The Morgan fingerprint density at radius 1 is 0.381 bits per heavy atom. The van der Waals surface area contributed by atoms with E-state index in [1.807, 2.05) is 0 Å². The molecule has 3 rings (SSSR count). The molecule has 0 bridgehead atoms. The lowest BCUT2D eigenvalue weighted by molar-refractivity contribution is 0.306. The molecule has 0 atom stereocenters. The molecule has 3 aromatic carbocycles. The Hall–Kier alpha value is -2.22. The molecular formula is C40H62O2. The van der Waals surface area contributed by atoms with Gasteiger partial charge < -0.3 is 9.47 Å². The van der Waals surface area contributed by atoms with E-state index in [9.17, 15) is 0 Å². The van der Waals surface area contributed by atoms with Crippen molar-refractivity contribution < 1.29 is 9.47 Å². The first-order valence-electron chi connectivity index (χ1n) is 18.0. The minimum absolute atomic E-state index is 0.784. The second-order valence-electron chi connectivity index (χ2n) is 12.6. The highest BCUT2D eigenvalue weighted by molar-refractivity contribution is 6.11. The lowest BCUT2D eigenvalue weighted by Crippen LogP contribution is -2.03. The van der Waals surface area contributed by atoms with Crippen LogP contribution in [0.15, 0.2) is 36.4 Å². The monoisotopic (exact) mass is 574 g/mol. The van der Waals surface area contributed by atoms with E-state index in [4.69, 9.17) is 9.47 Å². The molecule has 0 fully saturated rings. The van der Waals surface area contributed by atoms with E-state index < -0.39 is 0 Å². The Balaban J connectivity index is 1.95. The summed E-state index contributed by atoms with van der Waals surface area (Å²) in [6.07, 6.45) is 25.1. The Kier molecular flexibility index (Phi) is 16.8. The first-order valence-corrected chi connectivity index (χ1v) is 18.0. The summed E-state index contributed by atoms with van der Waals surface area (Å²) < 4.78 is 13.5. The Morgan fingerprint density at radius 3 is 1.14 bits per heavy atom. The molecule has 3 aromatic rings. The van der Waals surface area contributed by atoms with Gasteiger partial charge in [-0.15, -0.1) is 0 Å². The van der Waals surface area contributed by atoms with Gasteiger partial charge >= 0.3 is 0 Å². The van der Waals surface area contributed by atoms with Crippen LogP contribution in [0, 0.1) is 0 Å². The van der Waals surface area contributed by atoms with E-state index in [0.29, 0.717) is 0 Å². The highest BCUT2D eigenvalue weighted by Crippen LogP contribution is 2.44. The number of hydrogen-bond acceptors (Lipinski definition) is 2. The van der Waals surface area contributed by atoms with Crippen LogP contribution in [0.5, 0.6) is 11.5 Å². The van der Waals surface area contributed by atoms with Crippen molar-refractivity contribution in [2.75, 3.05) is 13.2 Å². The number of fused-ring (bicyclic) bond motifs is 2. The maximum atomic E-state index is 6.74. The fourth-order valence-electron chi connectivity index (χ4n) is 6.14. The smallest absolute Gasteiger partial charge is 0.135 e. The Bertz CT molecular complexity index is 1060. The predicted octanol–water partition coefficient (Wildman–Crippen LogP) is 12.9. The van der Waals surface area contributed by atoms with E-state index in [0.717, 1.165) is 50.4 Å². The van der Waals surface area contributed by atoms with Crippen LogP contribution in [0.3, 0.4) is 0 Å². The van der Waals surface area contributed by atoms with E-state index >= 15 is 0 Å². The van der Waals surface area contributed by atoms with Crippen molar-refractivity contribution in [1.82, 2.24) is 0 Å². The molecule has 0 N–H and O–H groups in total. The van der Waals surface area contributed by atoms with E-state index in [1.54, 1.807) is 0 Å². The summed E-state index contributed by atoms with van der Waals surface area (Å²) in [5.41, 5.74) is 2.83. The van der Waals surface area contributed by atoms with Crippen LogP contribution >= 0.6 is 0 Å². The number of benzene rings is 3. The first-order chi connectivity index (χ1) is 20.7. The topological polar surface area (TPSA) is 18.5 Å². The average molecular weight is 575 g/mol. The SMILES string of the molecule is CCCCCCCCOc1c2ccc(CCCCC)cc2c(OCCCCCCCC)c2ccc(CCCCC)cc12. The summed E-state index contributed by atoms with van der Waals surface area (Å²) in [5.74, 6) is 2.14. The minimum Gasteiger partial charge on any atom is -0.492 e. The number of rotatable bonds is 24.